The molecule has 2 aromatic carbocycles. The van der Waals surface area contributed by atoms with E-state index in [1.165, 1.54) is 18.2 Å². The van der Waals surface area contributed by atoms with Crippen molar-refractivity contribution < 1.29 is 14.6 Å². The summed E-state index contributed by atoms with van der Waals surface area (Å²) in [7, 11) is 0. The molecule has 106 valence electrons. The Labute approximate surface area is 117 Å². The Bertz CT molecular complexity index is 572. The molecule has 0 aromatic heterocycles. The van der Waals surface area contributed by atoms with Crippen molar-refractivity contribution in [3.63, 3.8) is 0 Å². The SMILES string of the molecule is OCCCc1cccc(NCc2cc(F)ccc2O)c1. The molecule has 3 nitrogen and oxygen atoms in total. The number of aromatic hydroxyl groups is 1. The summed E-state index contributed by atoms with van der Waals surface area (Å²) < 4.78 is 13.1. The second-order valence-corrected chi connectivity index (χ2v) is 4.65. The average Bonchev–Trinajstić information content (AvgIpc) is 2.46. The standard InChI is InChI=1S/C16H18FNO2/c17-14-6-7-16(20)13(10-14)11-18-15-5-1-3-12(9-15)4-2-8-19/h1,3,5-7,9-10,18-20H,2,4,8,11H2. The smallest absolute Gasteiger partial charge is 0.123 e. The molecule has 0 aliphatic heterocycles. The first kappa shape index (κ1) is 14.3. The molecule has 2 aromatic rings. The molecule has 0 aliphatic rings. The number of rotatable bonds is 6. The maximum Gasteiger partial charge on any atom is 0.123 e. The zero-order chi connectivity index (χ0) is 14.4. The quantitative estimate of drug-likeness (QED) is 0.759. The van der Waals surface area contributed by atoms with Crippen LogP contribution in [0, 0.1) is 5.82 Å². The third-order valence-corrected chi connectivity index (χ3v) is 3.08. The third-order valence-electron chi connectivity index (χ3n) is 3.08. The molecule has 3 N–H and O–H groups in total. The summed E-state index contributed by atoms with van der Waals surface area (Å²) >= 11 is 0. The third kappa shape index (κ3) is 3.96. The van der Waals surface area contributed by atoms with Crippen LogP contribution in [0.25, 0.3) is 0 Å². The summed E-state index contributed by atoms with van der Waals surface area (Å²) in [5, 5.41) is 21.6. The number of nitrogens with one attached hydrogen (secondary N) is 1. The maximum absolute atomic E-state index is 13.1. The molecule has 0 saturated carbocycles. The van der Waals surface area contributed by atoms with Crippen molar-refractivity contribution in [2.45, 2.75) is 19.4 Å². The van der Waals surface area contributed by atoms with E-state index in [4.69, 9.17) is 5.11 Å². The van der Waals surface area contributed by atoms with Crippen molar-refractivity contribution in [3.05, 3.63) is 59.4 Å². The Morgan fingerprint density at radius 1 is 1.10 bits per heavy atom. The Morgan fingerprint density at radius 2 is 1.95 bits per heavy atom. The van der Waals surface area contributed by atoms with Crippen molar-refractivity contribution >= 4 is 5.69 Å². The van der Waals surface area contributed by atoms with Crippen LogP contribution in [0.2, 0.25) is 0 Å². The second kappa shape index (κ2) is 6.91. The number of aliphatic hydroxyl groups is 1. The number of phenolic OH excluding ortho intramolecular Hbond substituents is 1. The Morgan fingerprint density at radius 3 is 2.75 bits per heavy atom. The number of anilines is 1. The molecule has 0 unspecified atom stereocenters. The predicted octanol–water partition coefficient (Wildman–Crippen LogP) is 3.07. The normalized spacial score (nSPS) is 10.5. The molecule has 0 heterocycles. The lowest BCUT2D eigenvalue weighted by Crippen LogP contribution is -2.01. The van der Waals surface area contributed by atoms with Crippen molar-refractivity contribution in [1.82, 2.24) is 0 Å². The van der Waals surface area contributed by atoms with Crippen LogP contribution < -0.4 is 5.32 Å². The van der Waals surface area contributed by atoms with E-state index in [1.807, 2.05) is 24.3 Å². The van der Waals surface area contributed by atoms with Gasteiger partial charge in [0, 0.05) is 24.4 Å². The number of halogens is 1. The van der Waals surface area contributed by atoms with E-state index in [0.29, 0.717) is 12.1 Å². The lowest BCUT2D eigenvalue weighted by molar-refractivity contribution is 0.288. The number of hydrogen-bond acceptors (Lipinski definition) is 3. The van der Waals surface area contributed by atoms with Gasteiger partial charge < -0.3 is 15.5 Å². The topological polar surface area (TPSA) is 52.5 Å². The highest BCUT2D eigenvalue weighted by Crippen LogP contribution is 2.20. The first-order valence-corrected chi connectivity index (χ1v) is 6.60. The molecular formula is C16H18FNO2. The highest BCUT2D eigenvalue weighted by molar-refractivity contribution is 5.47. The lowest BCUT2D eigenvalue weighted by Gasteiger charge is -2.10. The van der Waals surface area contributed by atoms with Gasteiger partial charge in [-0.15, -0.1) is 0 Å². The van der Waals surface area contributed by atoms with Gasteiger partial charge in [0.15, 0.2) is 0 Å². The van der Waals surface area contributed by atoms with Crippen LogP contribution in [-0.2, 0) is 13.0 Å². The van der Waals surface area contributed by atoms with Gasteiger partial charge in [0.1, 0.15) is 11.6 Å². The monoisotopic (exact) mass is 275 g/mol. The van der Waals surface area contributed by atoms with E-state index in [-0.39, 0.29) is 18.2 Å². The summed E-state index contributed by atoms with van der Waals surface area (Å²) in [4.78, 5) is 0. The molecule has 0 radical (unpaired) electrons. The minimum Gasteiger partial charge on any atom is -0.508 e. The van der Waals surface area contributed by atoms with Crippen LogP contribution in [0.4, 0.5) is 10.1 Å². The molecule has 0 saturated heterocycles. The summed E-state index contributed by atoms with van der Waals surface area (Å²) in [6, 6.07) is 11.7. The highest BCUT2D eigenvalue weighted by Gasteiger charge is 2.03. The van der Waals surface area contributed by atoms with Crippen molar-refractivity contribution in [3.8, 4) is 5.75 Å². The van der Waals surface area contributed by atoms with Gasteiger partial charge in [-0.25, -0.2) is 4.39 Å². The number of aryl methyl sites for hydroxylation is 1. The molecule has 4 heteroatoms. The number of phenols is 1. The fraction of sp³-hybridized carbons (Fsp3) is 0.250. The molecule has 2 rings (SSSR count). The molecule has 0 bridgehead atoms. The van der Waals surface area contributed by atoms with Crippen LogP contribution in [0.5, 0.6) is 5.75 Å². The fourth-order valence-corrected chi connectivity index (χ4v) is 2.01. The van der Waals surface area contributed by atoms with Crippen molar-refractivity contribution in [1.29, 1.82) is 0 Å². The lowest BCUT2D eigenvalue weighted by atomic mass is 10.1. The summed E-state index contributed by atoms with van der Waals surface area (Å²) in [6.07, 6.45) is 1.55. The van der Waals surface area contributed by atoms with Gasteiger partial charge in [0.2, 0.25) is 0 Å². The predicted molar refractivity (Wildman–Crippen MR) is 77.2 cm³/mol. The van der Waals surface area contributed by atoms with E-state index < -0.39 is 0 Å². The van der Waals surface area contributed by atoms with Gasteiger partial charge in [0.05, 0.1) is 0 Å². The zero-order valence-electron chi connectivity index (χ0n) is 11.1. The van der Waals surface area contributed by atoms with Gasteiger partial charge in [-0.05, 0) is 48.7 Å². The number of aliphatic hydroxyl groups excluding tert-OH is 1. The van der Waals surface area contributed by atoms with E-state index in [2.05, 4.69) is 5.32 Å². The molecule has 0 aliphatic carbocycles. The molecule has 0 spiro atoms. The molecule has 0 fully saturated rings. The van der Waals surface area contributed by atoms with E-state index >= 15 is 0 Å². The molecule has 0 amide bonds. The maximum atomic E-state index is 13.1. The van der Waals surface area contributed by atoms with Crippen molar-refractivity contribution in [2.75, 3.05) is 11.9 Å². The van der Waals surface area contributed by atoms with Crippen LogP contribution in [0.1, 0.15) is 17.5 Å². The second-order valence-electron chi connectivity index (χ2n) is 4.65. The van der Waals surface area contributed by atoms with E-state index in [0.717, 1.165) is 24.1 Å². The van der Waals surface area contributed by atoms with Crippen LogP contribution >= 0.6 is 0 Å². The minimum atomic E-state index is -0.365. The number of benzene rings is 2. The van der Waals surface area contributed by atoms with Gasteiger partial charge >= 0.3 is 0 Å². The fourth-order valence-electron chi connectivity index (χ4n) is 2.01. The van der Waals surface area contributed by atoms with E-state index in [1.54, 1.807) is 0 Å². The molecule has 0 atom stereocenters. The summed E-state index contributed by atoms with van der Waals surface area (Å²) in [5.74, 6) is -0.286. The zero-order valence-corrected chi connectivity index (χ0v) is 11.1. The van der Waals surface area contributed by atoms with Crippen LogP contribution in [0.15, 0.2) is 42.5 Å². The molecule has 20 heavy (non-hydrogen) atoms. The van der Waals surface area contributed by atoms with Crippen LogP contribution in [-0.4, -0.2) is 16.8 Å². The Kier molecular flexibility index (Phi) is 4.96. The first-order chi connectivity index (χ1) is 9.69. The van der Waals surface area contributed by atoms with Crippen molar-refractivity contribution in [2.24, 2.45) is 0 Å². The molecular weight excluding hydrogens is 257 g/mol. The summed E-state index contributed by atoms with van der Waals surface area (Å²) in [5.41, 5.74) is 2.56. The van der Waals surface area contributed by atoms with Gasteiger partial charge in [0.25, 0.3) is 0 Å². The highest BCUT2D eigenvalue weighted by atomic mass is 19.1. The van der Waals surface area contributed by atoms with E-state index in [9.17, 15) is 9.50 Å². The Balaban J connectivity index is 2.01. The van der Waals surface area contributed by atoms with Gasteiger partial charge in [-0.1, -0.05) is 12.1 Å². The van der Waals surface area contributed by atoms with Crippen LogP contribution in [0.3, 0.4) is 0 Å². The summed E-state index contributed by atoms with van der Waals surface area (Å²) in [6.45, 7) is 0.530. The van der Waals surface area contributed by atoms with Gasteiger partial charge in [-0.3, -0.25) is 0 Å². The largest absolute Gasteiger partial charge is 0.508 e. The first-order valence-electron chi connectivity index (χ1n) is 6.60. The van der Waals surface area contributed by atoms with Gasteiger partial charge in [-0.2, -0.15) is 0 Å². The minimum absolute atomic E-state index is 0.0790. The number of hydrogen-bond donors (Lipinski definition) is 3. The Hall–Kier alpha value is -2.07. The average molecular weight is 275 g/mol.